The minimum Gasteiger partial charge on any atom is -0.353 e. The Balaban J connectivity index is 1.61. The van der Waals surface area contributed by atoms with Crippen molar-refractivity contribution in [1.29, 1.82) is 0 Å². The summed E-state index contributed by atoms with van der Waals surface area (Å²) in [5.41, 5.74) is 0. The van der Waals surface area contributed by atoms with Gasteiger partial charge in [-0.1, -0.05) is 0 Å². The van der Waals surface area contributed by atoms with Gasteiger partial charge in [-0.2, -0.15) is 0 Å². The molecule has 6 rings (SSSR count). The molecule has 6 nitrogen and oxygen atoms in total. The van der Waals surface area contributed by atoms with Gasteiger partial charge in [0.1, 0.15) is 11.6 Å². The molecule has 0 spiro atoms. The van der Waals surface area contributed by atoms with E-state index in [1.54, 1.807) is 28.4 Å². The summed E-state index contributed by atoms with van der Waals surface area (Å²) >= 11 is 0. The van der Waals surface area contributed by atoms with Gasteiger partial charge in [0.15, 0.2) is 11.6 Å². The summed E-state index contributed by atoms with van der Waals surface area (Å²) in [6.07, 6.45) is 1.13. The van der Waals surface area contributed by atoms with Crippen LogP contribution in [0.3, 0.4) is 0 Å². The highest BCUT2D eigenvalue weighted by Gasteiger charge is 2.87. The monoisotopic (exact) mass is 362 g/mol. The summed E-state index contributed by atoms with van der Waals surface area (Å²) in [5, 5.41) is 0. The van der Waals surface area contributed by atoms with Gasteiger partial charge in [0.2, 0.25) is 0 Å². The van der Waals surface area contributed by atoms with Crippen LogP contribution < -0.4 is 0 Å². The molecule has 6 aliphatic carbocycles. The first-order valence-electron chi connectivity index (χ1n) is 9.78. The Morgan fingerprint density at radius 2 is 1.42 bits per heavy atom. The summed E-state index contributed by atoms with van der Waals surface area (Å²) in [6.45, 7) is 0. The largest absolute Gasteiger partial charge is 0.353 e. The van der Waals surface area contributed by atoms with Crippen LogP contribution in [0.15, 0.2) is 0 Å². The van der Waals surface area contributed by atoms with Crippen molar-refractivity contribution in [2.24, 2.45) is 59.2 Å². The predicted molar refractivity (Wildman–Crippen MR) is 87.6 cm³/mol. The Bertz CT molecular complexity index is 703. The first-order chi connectivity index (χ1) is 12.5. The molecule has 10 atom stereocenters. The molecule has 6 saturated carbocycles. The van der Waals surface area contributed by atoms with Crippen molar-refractivity contribution in [3.05, 3.63) is 0 Å². The van der Waals surface area contributed by atoms with Gasteiger partial charge < -0.3 is 18.9 Å². The minimum absolute atomic E-state index is 0.00693. The normalized spacial score (nSPS) is 56.0. The average Bonchev–Trinajstić information content (AvgIpc) is 3.20. The molecule has 6 aliphatic rings. The highest BCUT2D eigenvalue weighted by molar-refractivity contribution is 6.00. The quantitative estimate of drug-likeness (QED) is 0.698. The van der Waals surface area contributed by atoms with Crippen LogP contribution in [-0.4, -0.2) is 51.6 Å². The SMILES string of the molecule is COC1(OC)CC2C3C4C2C2C5C(=O)CC(C(=O)C5C4C2(OC)OC)C31. The van der Waals surface area contributed by atoms with Crippen LogP contribution in [0.1, 0.15) is 12.8 Å². The fourth-order valence-corrected chi connectivity index (χ4v) is 9.13. The van der Waals surface area contributed by atoms with Crippen LogP contribution in [0.5, 0.6) is 0 Å². The molecule has 0 N–H and O–H groups in total. The number of rotatable bonds is 4. The number of Topliss-reactive ketones (excluding diaryl/α,β-unsaturated/α-hetero) is 2. The third-order valence-electron chi connectivity index (χ3n) is 9.49. The molecule has 10 unspecified atom stereocenters. The van der Waals surface area contributed by atoms with Crippen molar-refractivity contribution in [1.82, 2.24) is 0 Å². The molecule has 26 heavy (non-hydrogen) atoms. The Morgan fingerprint density at radius 3 is 2.04 bits per heavy atom. The molecule has 0 saturated heterocycles. The standard InChI is InChI=1S/C20H26O6/c1-23-19(24-2)6-8-10-13-11(8)16-12-9(21)5-7(15(10)19)18(22)14(12)17(13)20(16,25-3)26-4/h7-8,10-17H,5-6H2,1-4H3. The number of ether oxygens (including phenoxy) is 4. The van der Waals surface area contributed by atoms with Crippen molar-refractivity contribution in [2.45, 2.75) is 24.4 Å². The predicted octanol–water partition coefficient (Wildman–Crippen LogP) is 1.13. The van der Waals surface area contributed by atoms with Gasteiger partial charge in [-0.15, -0.1) is 0 Å². The summed E-state index contributed by atoms with van der Waals surface area (Å²) in [5.74, 6) is -0.324. The van der Waals surface area contributed by atoms with E-state index < -0.39 is 11.6 Å². The summed E-state index contributed by atoms with van der Waals surface area (Å²) < 4.78 is 23.8. The highest BCUT2D eigenvalue weighted by Crippen LogP contribution is 2.82. The molecule has 6 heteroatoms. The van der Waals surface area contributed by atoms with Crippen molar-refractivity contribution < 1.29 is 28.5 Å². The number of hydrogen-bond acceptors (Lipinski definition) is 6. The van der Waals surface area contributed by atoms with Crippen LogP contribution in [0, 0.1) is 59.2 Å². The van der Waals surface area contributed by atoms with E-state index >= 15 is 0 Å². The van der Waals surface area contributed by atoms with Crippen LogP contribution in [0.4, 0.5) is 0 Å². The average molecular weight is 362 g/mol. The van der Waals surface area contributed by atoms with E-state index in [4.69, 9.17) is 18.9 Å². The topological polar surface area (TPSA) is 71.1 Å². The number of carbonyl (C=O) groups is 2. The van der Waals surface area contributed by atoms with Crippen molar-refractivity contribution in [3.63, 3.8) is 0 Å². The molecule has 0 aliphatic heterocycles. The van der Waals surface area contributed by atoms with Crippen LogP contribution >= 0.6 is 0 Å². The summed E-state index contributed by atoms with van der Waals surface area (Å²) in [6, 6.07) is 0. The van der Waals surface area contributed by atoms with Gasteiger partial charge in [-0.25, -0.2) is 0 Å². The molecule has 0 radical (unpaired) electrons. The van der Waals surface area contributed by atoms with Gasteiger partial charge in [0.05, 0.1) is 0 Å². The molecular formula is C20H26O6. The van der Waals surface area contributed by atoms with Gasteiger partial charge in [0.25, 0.3) is 0 Å². The third-order valence-corrected chi connectivity index (χ3v) is 9.49. The van der Waals surface area contributed by atoms with E-state index in [1.165, 1.54) is 0 Å². The zero-order valence-electron chi connectivity index (χ0n) is 15.6. The molecular weight excluding hydrogens is 336 g/mol. The van der Waals surface area contributed by atoms with E-state index in [2.05, 4.69) is 0 Å². The van der Waals surface area contributed by atoms with E-state index in [-0.39, 0.29) is 47.1 Å². The highest BCUT2D eigenvalue weighted by atomic mass is 16.7. The van der Waals surface area contributed by atoms with Crippen LogP contribution in [0.2, 0.25) is 0 Å². The zero-order chi connectivity index (χ0) is 18.2. The van der Waals surface area contributed by atoms with E-state index in [9.17, 15) is 9.59 Å². The number of carbonyl (C=O) groups excluding carboxylic acids is 2. The van der Waals surface area contributed by atoms with E-state index in [0.29, 0.717) is 30.1 Å². The number of hydrogen-bond donors (Lipinski definition) is 0. The van der Waals surface area contributed by atoms with Crippen molar-refractivity contribution in [2.75, 3.05) is 28.4 Å². The smallest absolute Gasteiger partial charge is 0.175 e. The maximum absolute atomic E-state index is 13.6. The Kier molecular flexibility index (Phi) is 2.86. The van der Waals surface area contributed by atoms with Crippen molar-refractivity contribution >= 4 is 11.6 Å². The Labute approximate surface area is 152 Å². The van der Waals surface area contributed by atoms with E-state index in [0.717, 1.165) is 6.42 Å². The Hall–Kier alpha value is -0.820. The number of methoxy groups -OCH3 is 4. The lowest BCUT2D eigenvalue weighted by Crippen LogP contribution is -2.54. The van der Waals surface area contributed by atoms with Gasteiger partial charge >= 0.3 is 0 Å². The molecule has 0 aromatic heterocycles. The lowest BCUT2D eigenvalue weighted by Gasteiger charge is -2.53. The first-order valence-corrected chi connectivity index (χ1v) is 9.78. The maximum atomic E-state index is 13.6. The second-order valence-electron chi connectivity index (χ2n) is 9.26. The first kappa shape index (κ1) is 16.2. The minimum atomic E-state index is -0.785. The fraction of sp³-hybridized carbons (Fsp3) is 0.900. The fourth-order valence-electron chi connectivity index (χ4n) is 9.13. The van der Waals surface area contributed by atoms with Crippen molar-refractivity contribution in [3.8, 4) is 0 Å². The molecule has 142 valence electrons. The molecule has 0 heterocycles. The molecule has 4 bridgehead atoms. The maximum Gasteiger partial charge on any atom is 0.175 e. The van der Waals surface area contributed by atoms with Crippen LogP contribution in [-0.2, 0) is 28.5 Å². The van der Waals surface area contributed by atoms with Crippen LogP contribution in [0.25, 0.3) is 0 Å². The molecule has 0 aromatic rings. The third kappa shape index (κ3) is 1.29. The lowest BCUT2D eigenvalue weighted by molar-refractivity contribution is -0.249. The molecule has 0 aromatic carbocycles. The molecule has 0 amide bonds. The summed E-state index contributed by atoms with van der Waals surface area (Å²) in [4.78, 5) is 26.8. The second-order valence-corrected chi connectivity index (χ2v) is 9.26. The summed E-state index contributed by atoms with van der Waals surface area (Å²) in [7, 11) is 6.72. The van der Waals surface area contributed by atoms with Gasteiger partial charge in [-0.05, 0) is 23.7 Å². The molecule has 6 fully saturated rings. The van der Waals surface area contributed by atoms with Gasteiger partial charge in [-0.3, -0.25) is 9.59 Å². The number of ketones is 2. The second kappa shape index (κ2) is 4.59. The van der Waals surface area contributed by atoms with E-state index in [1.807, 2.05) is 0 Å². The van der Waals surface area contributed by atoms with Gasteiger partial charge in [0, 0.05) is 76.8 Å². The number of fused-ring (bicyclic) bond motifs is 6. The zero-order valence-corrected chi connectivity index (χ0v) is 15.6. The lowest BCUT2D eigenvalue weighted by atomic mass is 9.49. The Morgan fingerprint density at radius 1 is 0.808 bits per heavy atom.